The normalized spacial score (nSPS) is 30.7. The third-order valence-corrected chi connectivity index (χ3v) is 6.22. The van der Waals surface area contributed by atoms with E-state index in [1.165, 1.54) is 22.6 Å². The van der Waals surface area contributed by atoms with Crippen molar-refractivity contribution in [1.82, 2.24) is 5.32 Å². The summed E-state index contributed by atoms with van der Waals surface area (Å²) in [6, 6.07) is 2.68. The molecule has 0 radical (unpaired) electrons. The zero-order valence-electron chi connectivity index (χ0n) is 10.1. The molecule has 2 atom stereocenters. The van der Waals surface area contributed by atoms with Crippen LogP contribution in [0.2, 0.25) is 0 Å². The van der Waals surface area contributed by atoms with Crippen molar-refractivity contribution in [3.8, 4) is 0 Å². The van der Waals surface area contributed by atoms with Gasteiger partial charge in [-0.2, -0.15) is 0 Å². The van der Waals surface area contributed by atoms with Crippen LogP contribution in [0.25, 0.3) is 0 Å². The Kier molecular flexibility index (Phi) is 3.24. The van der Waals surface area contributed by atoms with Crippen LogP contribution in [-0.2, 0) is 0 Å². The van der Waals surface area contributed by atoms with Gasteiger partial charge in [0.15, 0.2) is 0 Å². The molecule has 3 rings (SSSR count). The van der Waals surface area contributed by atoms with Gasteiger partial charge in [-0.1, -0.05) is 6.92 Å². The Hall–Kier alpha value is -0.0300. The van der Waals surface area contributed by atoms with Crippen LogP contribution < -0.4 is 5.32 Å². The molecule has 2 nitrogen and oxygen atoms in total. The summed E-state index contributed by atoms with van der Waals surface area (Å²) in [5, 5.41) is 16.6. The highest BCUT2D eigenvalue weighted by Crippen LogP contribution is 2.44. The van der Waals surface area contributed by atoms with Gasteiger partial charge in [0.25, 0.3) is 0 Å². The summed E-state index contributed by atoms with van der Waals surface area (Å²) < 4.78 is 1.46. The average molecular weight is 269 g/mol. The lowest BCUT2D eigenvalue weighted by atomic mass is 9.80. The summed E-state index contributed by atoms with van der Waals surface area (Å²) in [7, 11) is 0. The zero-order valence-corrected chi connectivity index (χ0v) is 11.7. The molecule has 0 aromatic carbocycles. The fourth-order valence-corrected chi connectivity index (χ4v) is 5.18. The fourth-order valence-electron chi connectivity index (χ4n) is 2.62. The first-order valence-electron chi connectivity index (χ1n) is 6.36. The summed E-state index contributed by atoms with van der Waals surface area (Å²) >= 11 is 3.84. The second kappa shape index (κ2) is 4.57. The van der Waals surface area contributed by atoms with Crippen LogP contribution >= 0.6 is 23.1 Å². The molecular formula is C13H19NOS2. The largest absolute Gasteiger partial charge is 0.389 e. The van der Waals surface area contributed by atoms with Gasteiger partial charge in [0.2, 0.25) is 0 Å². The molecule has 0 amide bonds. The average Bonchev–Trinajstić information content (AvgIpc) is 2.71. The van der Waals surface area contributed by atoms with E-state index in [1.807, 2.05) is 23.1 Å². The number of nitrogens with one attached hydrogen (secondary N) is 1. The van der Waals surface area contributed by atoms with Crippen molar-refractivity contribution in [3.05, 3.63) is 17.0 Å². The van der Waals surface area contributed by atoms with E-state index in [1.54, 1.807) is 0 Å². The highest BCUT2D eigenvalue weighted by Gasteiger charge is 2.35. The molecule has 1 unspecified atom stereocenters. The topological polar surface area (TPSA) is 32.3 Å². The predicted molar refractivity (Wildman–Crippen MR) is 73.8 cm³/mol. The summed E-state index contributed by atoms with van der Waals surface area (Å²) in [5.74, 6) is 0. The van der Waals surface area contributed by atoms with Crippen LogP contribution in [0.3, 0.4) is 0 Å². The summed E-state index contributed by atoms with van der Waals surface area (Å²) in [5.41, 5.74) is 1.03. The molecule has 1 fully saturated rings. The minimum absolute atomic E-state index is 0.413. The first-order chi connectivity index (χ1) is 8.16. The van der Waals surface area contributed by atoms with Gasteiger partial charge in [0.05, 0.1) is 9.81 Å². The third-order valence-electron chi connectivity index (χ3n) is 3.87. The van der Waals surface area contributed by atoms with Gasteiger partial charge in [0, 0.05) is 17.8 Å². The van der Waals surface area contributed by atoms with Crippen LogP contribution in [0.15, 0.2) is 15.7 Å². The van der Waals surface area contributed by atoms with E-state index in [2.05, 4.69) is 23.7 Å². The molecule has 2 N–H and O–H groups in total. The second-order valence-electron chi connectivity index (χ2n) is 5.34. The standard InChI is InChI=1S/C13H19NOS2/c1-9-7-11(10-3-6-16-12(10)17-9)14-8-13(15)4-2-5-13/h3,6,9,11,14-15H,2,4-5,7-8H2,1H3/t9-,11?/m0/s1. The number of aliphatic hydroxyl groups is 1. The Labute approximate surface area is 111 Å². The number of hydrogen-bond donors (Lipinski definition) is 2. The van der Waals surface area contributed by atoms with Crippen LogP contribution in [0.1, 0.15) is 44.2 Å². The summed E-state index contributed by atoms with van der Waals surface area (Å²) in [4.78, 5) is 0. The van der Waals surface area contributed by atoms with E-state index in [-0.39, 0.29) is 0 Å². The molecule has 2 heterocycles. The monoisotopic (exact) mass is 269 g/mol. The van der Waals surface area contributed by atoms with Crippen molar-refractivity contribution in [1.29, 1.82) is 0 Å². The van der Waals surface area contributed by atoms with Crippen LogP contribution in [0.5, 0.6) is 0 Å². The lowest BCUT2D eigenvalue weighted by molar-refractivity contribution is -0.0335. The van der Waals surface area contributed by atoms with Crippen molar-refractivity contribution in [3.63, 3.8) is 0 Å². The van der Waals surface area contributed by atoms with Crippen LogP contribution in [0.4, 0.5) is 0 Å². The van der Waals surface area contributed by atoms with Gasteiger partial charge < -0.3 is 10.4 Å². The highest BCUT2D eigenvalue weighted by atomic mass is 32.2. The Morgan fingerprint density at radius 1 is 1.53 bits per heavy atom. The maximum absolute atomic E-state index is 10.1. The van der Waals surface area contributed by atoms with E-state index in [0.717, 1.165) is 19.4 Å². The van der Waals surface area contributed by atoms with Gasteiger partial charge in [-0.25, -0.2) is 0 Å². The molecule has 0 bridgehead atoms. The third kappa shape index (κ3) is 2.41. The number of thiophene rings is 1. The van der Waals surface area contributed by atoms with E-state index < -0.39 is 5.60 Å². The summed E-state index contributed by atoms with van der Waals surface area (Å²) in [6.07, 6.45) is 4.28. The lowest BCUT2D eigenvalue weighted by Crippen LogP contribution is -2.47. The van der Waals surface area contributed by atoms with Gasteiger partial charge in [0.1, 0.15) is 0 Å². The molecule has 4 heteroatoms. The summed E-state index contributed by atoms with van der Waals surface area (Å²) in [6.45, 7) is 3.05. The molecular weight excluding hydrogens is 250 g/mol. The lowest BCUT2D eigenvalue weighted by Gasteiger charge is -2.39. The molecule has 0 saturated heterocycles. The Morgan fingerprint density at radius 2 is 2.35 bits per heavy atom. The van der Waals surface area contributed by atoms with E-state index in [0.29, 0.717) is 11.3 Å². The smallest absolute Gasteiger partial charge is 0.0771 e. The Balaban J connectivity index is 1.67. The van der Waals surface area contributed by atoms with Gasteiger partial charge >= 0.3 is 0 Å². The fraction of sp³-hybridized carbons (Fsp3) is 0.692. The Morgan fingerprint density at radius 3 is 3.06 bits per heavy atom. The number of hydrogen-bond acceptors (Lipinski definition) is 4. The SMILES string of the molecule is C[C@H]1CC(NCC2(O)CCC2)c2ccsc2S1. The second-order valence-corrected chi connectivity index (χ2v) is 7.96. The minimum Gasteiger partial charge on any atom is -0.389 e. The molecule has 1 aromatic rings. The van der Waals surface area contributed by atoms with Gasteiger partial charge in [-0.15, -0.1) is 23.1 Å². The van der Waals surface area contributed by atoms with E-state index >= 15 is 0 Å². The van der Waals surface area contributed by atoms with Crippen molar-refractivity contribution in [2.45, 2.75) is 53.7 Å². The number of rotatable bonds is 3. The molecule has 0 spiro atoms. The van der Waals surface area contributed by atoms with Gasteiger partial charge in [-0.05, 0) is 42.7 Å². The highest BCUT2D eigenvalue weighted by molar-refractivity contribution is 8.01. The molecule has 2 aliphatic rings. The molecule has 1 aliphatic heterocycles. The predicted octanol–water partition coefficient (Wildman–Crippen LogP) is 3.18. The van der Waals surface area contributed by atoms with Crippen molar-refractivity contribution in [2.75, 3.05) is 6.54 Å². The molecule has 1 saturated carbocycles. The molecule has 1 aliphatic carbocycles. The van der Waals surface area contributed by atoms with E-state index in [4.69, 9.17) is 0 Å². The zero-order chi connectivity index (χ0) is 11.9. The van der Waals surface area contributed by atoms with Crippen LogP contribution in [0, 0.1) is 0 Å². The maximum atomic E-state index is 10.1. The molecule has 1 aromatic heterocycles. The van der Waals surface area contributed by atoms with Crippen molar-refractivity contribution in [2.24, 2.45) is 0 Å². The van der Waals surface area contributed by atoms with E-state index in [9.17, 15) is 5.11 Å². The quantitative estimate of drug-likeness (QED) is 0.884. The van der Waals surface area contributed by atoms with Crippen molar-refractivity contribution >= 4 is 23.1 Å². The van der Waals surface area contributed by atoms with Gasteiger partial charge in [-0.3, -0.25) is 0 Å². The molecule has 17 heavy (non-hydrogen) atoms. The first kappa shape index (κ1) is 12.0. The van der Waals surface area contributed by atoms with Crippen molar-refractivity contribution < 1.29 is 5.11 Å². The molecule has 94 valence electrons. The first-order valence-corrected chi connectivity index (χ1v) is 8.12. The minimum atomic E-state index is -0.413. The Bertz CT molecular complexity index is 400. The number of thioether (sulfide) groups is 1. The number of fused-ring (bicyclic) bond motifs is 1. The van der Waals surface area contributed by atoms with Crippen LogP contribution in [-0.4, -0.2) is 22.5 Å². The maximum Gasteiger partial charge on any atom is 0.0771 e.